The molecule has 0 aromatic carbocycles. The van der Waals surface area contributed by atoms with Crippen molar-refractivity contribution in [2.24, 2.45) is 5.92 Å². The molecule has 0 radical (unpaired) electrons. The fourth-order valence-electron chi connectivity index (χ4n) is 2.67. The summed E-state index contributed by atoms with van der Waals surface area (Å²) in [6.07, 6.45) is 4.22. The monoisotopic (exact) mass is 183 g/mol. The van der Waals surface area contributed by atoms with Gasteiger partial charge in [0.05, 0.1) is 5.60 Å². The van der Waals surface area contributed by atoms with Crippen LogP contribution in [0.4, 0.5) is 0 Å². The number of fused-ring (bicyclic) bond motifs is 2. The van der Waals surface area contributed by atoms with E-state index < -0.39 is 5.60 Å². The van der Waals surface area contributed by atoms with Crippen molar-refractivity contribution in [1.82, 2.24) is 4.90 Å². The first-order chi connectivity index (χ1) is 6.24. The molecule has 0 aromatic rings. The van der Waals surface area contributed by atoms with E-state index in [2.05, 4.69) is 4.90 Å². The van der Waals surface area contributed by atoms with E-state index in [0.29, 0.717) is 12.3 Å². The van der Waals surface area contributed by atoms with Crippen LogP contribution in [0.15, 0.2) is 0 Å². The molecule has 2 fully saturated rings. The topological polar surface area (TPSA) is 40.5 Å². The van der Waals surface area contributed by atoms with Gasteiger partial charge in [-0.15, -0.1) is 0 Å². The van der Waals surface area contributed by atoms with Gasteiger partial charge in [-0.2, -0.15) is 0 Å². The number of carbonyl (C=O) groups excluding carboxylic acids is 1. The maximum Gasteiger partial charge on any atom is 0.122 e. The zero-order valence-electron chi connectivity index (χ0n) is 7.91. The Kier molecular flexibility index (Phi) is 2.39. The van der Waals surface area contributed by atoms with Crippen LogP contribution in [-0.4, -0.2) is 41.5 Å². The molecule has 74 valence electrons. The van der Waals surface area contributed by atoms with Crippen LogP contribution in [0.2, 0.25) is 0 Å². The quantitative estimate of drug-likeness (QED) is 0.631. The summed E-state index contributed by atoms with van der Waals surface area (Å²) in [5.41, 5.74) is -0.682. The number of aliphatic hydroxyl groups is 1. The van der Waals surface area contributed by atoms with Crippen molar-refractivity contribution in [3.8, 4) is 0 Å². The second-order valence-corrected chi connectivity index (χ2v) is 4.36. The highest BCUT2D eigenvalue weighted by Crippen LogP contribution is 2.36. The number of piperidine rings is 2. The molecule has 13 heavy (non-hydrogen) atoms. The number of hydrogen-bond acceptors (Lipinski definition) is 3. The van der Waals surface area contributed by atoms with Gasteiger partial charge in [0.15, 0.2) is 0 Å². The lowest BCUT2D eigenvalue weighted by atomic mass is 9.74. The number of nitrogens with zero attached hydrogens (tertiary/aromatic N) is 1. The predicted octanol–water partition coefficient (Wildman–Crippen LogP) is 0.422. The van der Waals surface area contributed by atoms with Gasteiger partial charge in [0, 0.05) is 25.4 Å². The largest absolute Gasteiger partial charge is 0.389 e. The van der Waals surface area contributed by atoms with E-state index in [4.69, 9.17) is 0 Å². The summed E-state index contributed by atoms with van der Waals surface area (Å²) in [7, 11) is 0. The maximum atomic E-state index is 10.5. The van der Waals surface area contributed by atoms with Gasteiger partial charge in [-0.3, -0.25) is 0 Å². The van der Waals surface area contributed by atoms with Crippen LogP contribution in [-0.2, 0) is 4.79 Å². The van der Waals surface area contributed by atoms with Crippen molar-refractivity contribution in [2.45, 2.75) is 31.3 Å². The highest BCUT2D eigenvalue weighted by molar-refractivity contribution is 5.51. The minimum absolute atomic E-state index is 0.325. The summed E-state index contributed by atoms with van der Waals surface area (Å²) in [6.45, 7) is 3.12. The molecule has 2 aliphatic rings. The smallest absolute Gasteiger partial charge is 0.122 e. The van der Waals surface area contributed by atoms with E-state index >= 15 is 0 Å². The summed E-state index contributed by atoms with van der Waals surface area (Å²) < 4.78 is 0. The van der Waals surface area contributed by atoms with Crippen molar-refractivity contribution in [3.63, 3.8) is 0 Å². The second-order valence-electron chi connectivity index (χ2n) is 4.36. The van der Waals surface area contributed by atoms with E-state index in [-0.39, 0.29) is 0 Å². The molecule has 0 aromatic heterocycles. The highest BCUT2D eigenvalue weighted by Gasteiger charge is 2.42. The predicted molar refractivity (Wildman–Crippen MR) is 49.4 cm³/mol. The number of rotatable bonds is 2. The average molecular weight is 183 g/mol. The van der Waals surface area contributed by atoms with Crippen molar-refractivity contribution in [1.29, 1.82) is 0 Å². The Balaban J connectivity index is 2.07. The molecule has 2 saturated heterocycles. The molecule has 0 aliphatic carbocycles. The van der Waals surface area contributed by atoms with Gasteiger partial charge in [-0.25, -0.2) is 0 Å². The molecule has 3 atom stereocenters. The van der Waals surface area contributed by atoms with E-state index in [1.54, 1.807) is 0 Å². The maximum absolute atomic E-state index is 10.5. The SMILES string of the molecule is O=CCC1(O)CCN2CCCC1C2. The number of aldehydes is 1. The first kappa shape index (κ1) is 9.16. The Labute approximate surface area is 78.7 Å². The molecule has 0 amide bonds. The standard InChI is InChI=1S/C10H17NO2/c12-7-4-10(13)3-6-11-5-1-2-9(10)8-11/h7,9,13H,1-6,8H2. The summed E-state index contributed by atoms with van der Waals surface area (Å²) in [5, 5.41) is 10.2. The molecule has 2 aliphatic heterocycles. The lowest BCUT2D eigenvalue weighted by molar-refractivity contribution is -0.124. The minimum Gasteiger partial charge on any atom is -0.389 e. The zero-order chi connectivity index (χ0) is 9.31. The first-order valence-electron chi connectivity index (χ1n) is 5.13. The fraction of sp³-hybridized carbons (Fsp3) is 0.900. The molecular formula is C10H17NO2. The van der Waals surface area contributed by atoms with Gasteiger partial charge in [-0.05, 0) is 25.8 Å². The van der Waals surface area contributed by atoms with Crippen LogP contribution in [0.25, 0.3) is 0 Å². The molecule has 2 heterocycles. The lowest BCUT2D eigenvalue weighted by Crippen LogP contribution is -2.54. The molecule has 2 rings (SSSR count). The van der Waals surface area contributed by atoms with Crippen molar-refractivity contribution >= 4 is 6.29 Å². The van der Waals surface area contributed by atoms with Crippen LogP contribution in [0.5, 0.6) is 0 Å². The Hall–Kier alpha value is -0.410. The van der Waals surface area contributed by atoms with Gasteiger partial charge >= 0.3 is 0 Å². The number of carbonyl (C=O) groups is 1. The normalized spacial score (nSPS) is 44.4. The Morgan fingerprint density at radius 1 is 1.54 bits per heavy atom. The van der Waals surface area contributed by atoms with Crippen LogP contribution < -0.4 is 0 Å². The first-order valence-corrected chi connectivity index (χ1v) is 5.13. The molecule has 1 N–H and O–H groups in total. The second kappa shape index (κ2) is 3.39. The fourth-order valence-corrected chi connectivity index (χ4v) is 2.67. The van der Waals surface area contributed by atoms with Gasteiger partial charge < -0.3 is 14.8 Å². The average Bonchev–Trinajstić information content (AvgIpc) is 2.14. The summed E-state index contributed by atoms with van der Waals surface area (Å²) in [4.78, 5) is 12.9. The Morgan fingerprint density at radius 3 is 3.15 bits per heavy atom. The van der Waals surface area contributed by atoms with Crippen LogP contribution >= 0.6 is 0 Å². The zero-order valence-corrected chi connectivity index (χ0v) is 7.91. The third kappa shape index (κ3) is 1.63. The summed E-state index contributed by atoms with van der Waals surface area (Å²) in [6, 6.07) is 0. The summed E-state index contributed by atoms with van der Waals surface area (Å²) in [5.74, 6) is 0.334. The van der Waals surface area contributed by atoms with E-state index in [1.807, 2.05) is 0 Å². The molecule has 2 bridgehead atoms. The van der Waals surface area contributed by atoms with Crippen molar-refractivity contribution < 1.29 is 9.90 Å². The highest BCUT2D eigenvalue weighted by atomic mass is 16.3. The van der Waals surface area contributed by atoms with Gasteiger partial charge in [0.25, 0.3) is 0 Å². The third-order valence-corrected chi connectivity index (χ3v) is 3.56. The third-order valence-electron chi connectivity index (χ3n) is 3.56. The van der Waals surface area contributed by atoms with E-state index in [0.717, 1.165) is 32.2 Å². The van der Waals surface area contributed by atoms with Gasteiger partial charge in [0.1, 0.15) is 6.29 Å². The molecular weight excluding hydrogens is 166 g/mol. The molecule has 3 unspecified atom stereocenters. The molecule has 3 nitrogen and oxygen atoms in total. The van der Waals surface area contributed by atoms with Crippen molar-refractivity contribution in [2.75, 3.05) is 19.6 Å². The van der Waals surface area contributed by atoms with Gasteiger partial charge in [0.2, 0.25) is 0 Å². The molecule has 3 heteroatoms. The van der Waals surface area contributed by atoms with Gasteiger partial charge in [-0.1, -0.05) is 0 Å². The molecule has 0 saturated carbocycles. The summed E-state index contributed by atoms with van der Waals surface area (Å²) >= 11 is 0. The van der Waals surface area contributed by atoms with Crippen molar-refractivity contribution in [3.05, 3.63) is 0 Å². The number of hydrogen-bond donors (Lipinski definition) is 1. The van der Waals surface area contributed by atoms with Crippen LogP contribution in [0.1, 0.15) is 25.7 Å². The minimum atomic E-state index is -0.682. The Morgan fingerprint density at radius 2 is 2.38 bits per heavy atom. The van der Waals surface area contributed by atoms with Crippen LogP contribution in [0, 0.1) is 5.92 Å². The van der Waals surface area contributed by atoms with E-state index in [9.17, 15) is 9.90 Å². The molecule has 0 spiro atoms. The Bertz CT molecular complexity index is 207. The van der Waals surface area contributed by atoms with E-state index in [1.165, 1.54) is 13.0 Å². The lowest BCUT2D eigenvalue weighted by Gasteiger charge is -2.47. The van der Waals surface area contributed by atoms with Crippen LogP contribution in [0.3, 0.4) is 0 Å².